The zero-order chi connectivity index (χ0) is 17.9. The van der Waals surface area contributed by atoms with Crippen LogP contribution < -0.4 is 4.74 Å². The summed E-state index contributed by atoms with van der Waals surface area (Å²) in [5, 5.41) is 8.70. The highest BCUT2D eigenvalue weighted by atomic mass is 79.9. The fourth-order valence-corrected chi connectivity index (χ4v) is 3.47. The second-order valence-corrected chi connectivity index (χ2v) is 6.91. The van der Waals surface area contributed by atoms with Gasteiger partial charge in [-0.15, -0.1) is 0 Å². The third-order valence-electron chi connectivity index (χ3n) is 3.37. The second kappa shape index (κ2) is 7.90. The molecule has 0 bridgehead atoms. The van der Waals surface area contributed by atoms with Gasteiger partial charge < -0.3 is 9.84 Å². The molecule has 126 valence electrons. The summed E-state index contributed by atoms with van der Waals surface area (Å²) >= 11 is 6.90. The monoisotopic (exact) mass is 454 g/mol. The molecule has 0 aliphatic rings. The van der Waals surface area contributed by atoms with E-state index in [1.165, 1.54) is 6.08 Å². The van der Waals surface area contributed by atoms with Crippen LogP contribution in [0.1, 0.15) is 28.3 Å². The summed E-state index contributed by atoms with van der Waals surface area (Å²) in [6.07, 6.45) is 2.60. The minimum Gasteiger partial charge on any atom is -0.485 e. The van der Waals surface area contributed by atoms with Crippen molar-refractivity contribution in [3.8, 4) is 5.75 Å². The minimum atomic E-state index is -0.994. The highest BCUT2D eigenvalue weighted by Gasteiger charge is 2.11. The lowest BCUT2D eigenvalue weighted by atomic mass is 10.2. The summed E-state index contributed by atoms with van der Waals surface area (Å²) in [6, 6.07) is 3.58. The molecule has 24 heavy (non-hydrogen) atoms. The number of nitrogens with zero attached hydrogens (tertiary/aromatic N) is 2. The first kappa shape index (κ1) is 18.6. The molecule has 7 heteroatoms. The zero-order valence-corrected chi connectivity index (χ0v) is 16.6. The van der Waals surface area contributed by atoms with E-state index in [9.17, 15) is 4.79 Å². The Hall–Kier alpha value is -1.73. The largest absolute Gasteiger partial charge is 0.485 e. The molecule has 2 rings (SSSR count). The Labute approximate surface area is 157 Å². The lowest BCUT2D eigenvalue weighted by Crippen LogP contribution is -2.06. The third-order valence-corrected chi connectivity index (χ3v) is 4.55. The number of hydrogen-bond donors (Lipinski definition) is 1. The summed E-state index contributed by atoms with van der Waals surface area (Å²) in [6.45, 7) is 6.04. The summed E-state index contributed by atoms with van der Waals surface area (Å²) in [4.78, 5) is 19.6. The number of halogens is 2. The minimum absolute atomic E-state index is 0.293. The van der Waals surface area contributed by atoms with Crippen molar-refractivity contribution in [1.29, 1.82) is 0 Å². The van der Waals surface area contributed by atoms with E-state index in [4.69, 9.17) is 9.84 Å². The molecule has 0 amide bonds. The molecule has 1 N–H and O–H groups in total. The predicted octanol–water partition coefficient (Wildman–Crippen LogP) is 4.60. The van der Waals surface area contributed by atoms with Crippen molar-refractivity contribution in [2.75, 3.05) is 0 Å². The standard InChI is InChI=1S/C17H16Br2N2O3/c1-9-10(2)21-15(11(3)20-9)8-24-17-13(18)6-12(7-14(17)19)4-5-16(22)23/h4-7H,8H2,1-3H3,(H,22,23)/b5-4+. The average molecular weight is 456 g/mol. The topological polar surface area (TPSA) is 72.3 Å². The molecular weight excluding hydrogens is 440 g/mol. The number of carbonyl (C=O) groups is 1. The van der Waals surface area contributed by atoms with E-state index in [0.29, 0.717) is 12.4 Å². The number of rotatable bonds is 5. The number of benzene rings is 1. The molecule has 0 aliphatic carbocycles. The normalized spacial score (nSPS) is 11.0. The van der Waals surface area contributed by atoms with Crippen molar-refractivity contribution in [3.05, 3.63) is 55.5 Å². The Morgan fingerprint density at radius 2 is 1.71 bits per heavy atom. The van der Waals surface area contributed by atoms with Gasteiger partial charge in [0.1, 0.15) is 12.4 Å². The fourth-order valence-electron chi connectivity index (χ4n) is 2.02. The number of ether oxygens (including phenoxy) is 1. The van der Waals surface area contributed by atoms with Crippen LogP contribution in [-0.4, -0.2) is 21.0 Å². The van der Waals surface area contributed by atoms with Gasteiger partial charge in [0.2, 0.25) is 0 Å². The molecule has 0 aliphatic heterocycles. The summed E-state index contributed by atoms with van der Waals surface area (Å²) < 4.78 is 7.31. The molecule has 0 spiro atoms. The van der Waals surface area contributed by atoms with Crippen molar-refractivity contribution in [2.45, 2.75) is 27.4 Å². The smallest absolute Gasteiger partial charge is 0.328 e. The van der Waals surface area contributed by atoms with E-state index >= 15 is 0 Å². The Balaban J connectivity index is 2.22. The average Bonchev–Trinajstić information content (AvgIpc) is 2.49. The predicted molar refractivity (Wildman–Crippen MR) is 99.1 cm³/mol. The Kier molecular flexibility index (Phi) is 6.12. The molecule has 0 unspecified atom stereocenters. The number of carboxylic acids is 1. The molecule has 1 heterocycles. The van der Waals surface area contributed by atoms with Crippen LogP contribution in [0.2, 0.25) is 0 Å². The Morgan fingerprint density at radius 1 is 1.12 bits per heavy atom. The number of hydrogen-bond acceptors (Lipinski definition) is 4. The molecule has 5 nitrogen and oxygen atoms in total. The molecule has 2 aromatic rings. The van der Waals surface area contributed by atoms with E-state index in [-0.39, 0.29) is 0 Å². The molecule has 0 saturated carbocycles. The van der Waals surface area contributed by atoms with Gasteiger partial charge in [0.25, 0.3) is 0 Å². The SMILES string of the molecule is Cc1nc(C)c(COc2c(Br)cc(/C=C/C(=O)O)cc2Br)nc1C. The van der Waals surface area contributed by atoms with Gasteiger partial charge in [-0.3, -0.25) is 9.97 Å². The second-order valence-electron chi connectivity index (χ2n) is 5.20. The van der Waals surface area contributed by atoms with Crippen LogP contribution in [0.15, 0.2) is 27.2 Å². The highest BCUT2D eigenvalue weighted by molar-refractivity contribution is 9.11. The summed E-state index contributed by atoms with van der Waals surface area (Å²) in [5.41, 5.74) is 4.16. The van der Waals surface area contributed by atoms with Gasteiger partial charge >= 0.3 is 5.97 Å². The molecule has 0 fully saturated rings. The molecular formula is C17H16Br2N2O3. The molecule has 0 saturated heterocycles. The number of aliphatic carboxylic acids is 1. The van der Waals surface area contributed by atoms with Gasteiger partial charge in [-0.25, -0.2) is 4.79 Å². The van der Waals surface area contributed by atoms with Crippen LogP contribution in [0.3, 0.4) is 0 Å². The number of aromatic nitrogens is 2. The first-order valence-corrected chi connectivity index (χ1v) is 8.70. The third kappa shape index (κ3) is 4.64. The van der Waals surface area contributed by atoms with Gasteiger partial charge in [-0.05, 0) is 76.4 Å². The van der Waals surface area contributed by atoms with Gasteiger partial charge in [0.15, 0.2) is 0 Å². The highest BCUT2D eigenvalue weighted by Crippen LogP contribution is 2.35. The lowest BCUT2D eigenvalue weighted by Gasteiger charge is -2.13. The first-order valence-electron chi connectivity index (χ1n) is 7.11. The zero-order valence-electron chi connectivity index (χ0n) is 13.4. The van der Waals surface area contributed by atoms with Crippen LogP contribution in [0.5, 0.6) is 5.75 Å². The molecule has 1 aromatic heterocycles. The van der Waals surface area contributed by atoms with Crippen LogP contribution in [-0.2, 0) is 11.4 Å². The van der Waals surface area contributed by atoms with Gasteiger partial charge in [-0.1, -0.05) is 0 Å². The van der Waals surface area contributed by atoms with Crippen LogP contribution >= 0.6 is 31.9 Å². The van der Waals surface area contributed by atoms with E-state index in [0.717, 1.165) is 43.4 Å². The van der Waals surface area contributed by atoms with E-state index in [2.05, 4.69) is 41.8 Å². The molecule has 0 atom stereocenters. The first-order chi connectivity index (χ1) is 11.3. The van der Waals surface area contributed by atoms with Crippen LogP contribution in [0, 0.1) is 20.8 Å². The van der Waals surface area contributed by atoms with Gasteiger partial charge in [0.05, 0.1) is 31.7 Å². The van der Waals surface area contributed by atoms with E-state index in [1.54, 1.807) is 12.1 Å². The number of carboxylic acid groups (broad SMARTS) is 1. The lowest BCUT2D eigenvalue weighted by molar-refractivity contribution is -0.131. The Bertz CT molecular complexity index is 797. The van der Waals surface area contributed by atoms with Gasteiger partial charge in [-0.2, -0.15) is 0 Å². The quantitative estimate of drug-likeness (QED) is 0.666. The van der Waals surface area contributed by atoms with Crippen molar-refractivity contribution in [1.82, 2.24) is 9.97 Å². The van der Waals surface area contributed by atoms with Crippen LogP contribution in [0.4, 0.5) is 0 Å². The maximum absolute atomic E-state index is 10.6. The van der Waals surface area contributed by atoms with E-state index in [1.807, 2.05) is 20.8 Å². The molecule has 1 aromatic carbocycles. The molecule has 0 radical (unpaired) electrons. The van der Waals surface area contributed by atoms with Crippen LogP contribution in [0.25, 0.3) is 6.08 Å². The number of aryl methyl sites for hydroxylation is 3. The van der Waals surface area contributed by atoms with Gasteiger partial charge in [0, 0.05) is 6.08 Å². The fraction of sp³-hybridized carbons (Fsp3) is 0.235. The Morgan fingerprint density at radius 3 is 2.29 bits per heavy atom. The van der Waals surface area contributed by atoms with E-state index < -0.39 is 5.97 Å². The van der Waals surface area contributed by atoms with Crippen molar-refractivity contribution in [2.24, 2.45) is 0 Å². The maximum atomic E-state index is 10.6. The maximum Gasteiger partial charge on any atom is 0.328 e. The van der Waals surface area contributed by atoms with Crippen molar-refractivity contribution >= 4 is 43.9 Å². The van der Waals surface area contributed by atoms with Crippen molar-refractivity contribution in [3.63, 3.8) is 0 Å². The summed E-state index contributed by atoms with van der Waals surface area (Å²) in [7, 11) is 0. The van der Waals surface area contributed by atoms with Crippen molar-refractivity contribution < 1.29 is 14.6 Å². The summed E-state index contributed by atoms with van der Waals surface area (Å²) in [5.74, 6) is -0.367.